The second-order valence-corrected chi connectivity index (χ2v) is 12.3. The maximum atomic E-state index is 2.39. The van der Waals surface area contributed by atoms with Crippen molar-refractivity contribution in [3.8, 4) is 22.3 Å². The normalized spacial score (nSPS) is 12.5. The minimum atomic E-state index is 0.303. The van der Waals surface area contributed by atoms with Crippen LogP contribution in [0.25, 0.3) is 33.0 Å². The van der Waals surface area contributed by atoms with Crippen LogP contribution in [-0.2, 0) is 6.42 Å². The Morgan fingerprint density at radius 1 is 0.435 bits per heavy atom. The summed E-state index contributed by atoms with van der Waals surface area (Å²) in [5, 5.41) is 2.52. The highest BCUT2D eigenvalue weighted by Gasteiger charge is 2.23. The third-order valence-corrected chi connectivity index (χ3v) is 9.44. The maximum absolute atomic E-state index is 2.39. The first kappa shape index (κ1) is 29.3. The van der Waals surface area contributed by atoms with Crippen molar-refractivity contribution in [2.75, 3.05) is 11.9 Å². The van der Waals surface area contributed by atoms with Gasteiger partial charge >= 0.3 is 0 Å². The van der Waals surface area contributed by atoms with Gasteiger partial charge in [-0.05, 0) is 92.2 Å². The van der Waals surface area contributed by atoms with Gasteiger partial charge in [0.25, 0.3) is 0 Å². The summed E-state index contributed by atoms with van der Waals surface area (Å²) in [7, 11) is 2.16. The Hall–Kier alpha value is -5.40. The summed E-state index contributed by atoms with van der Waals surface area (Å²) in [5.41, 5.74) is 11.5. The Labute approximate surface area is 273 Å². The van der Waals surface area contributed by atoms with E-state index in [1.54, 1.807) is 0 Å². The van der Waals surface area contributed by atoms with Gasteiger partial charge < -0.3 is 4.90 Å². The number of fused-ring (bicyclic) bond motifs is 1. The topological polar surface area (TPSA) is 3.24 Å². The van der Waals surface area contributed by atoms with Gasteiger partial charge in [-0.1, -0.05) is 159 Å². The van der Waals surface area contributed by atoms with Crippen LogP contribution in [0.3, 0.4) is 0 Å². The van der Waals surface area contributed by atoms with Crippen molar-refractivity contribution in [3.63, 3.8) is 0 Å². The van der Waals surface area contributed by atoms with E-state index in [0.29, 0.717) is 11.8 Å². The Balaban J connectivity index is 1.22. The summed E-state index contributed by atoms with van der Waals surface area (Å²) < 4.78 is 0. The zero-order valence-corrected chi connectivity index (χ0v) is 26.6. The predicted molar refractivity (Wildman–Crippen MR) is 197 cm³/mol. The van der Waals surface area contributed by atoms with E-state index < -0.39 is 0 Å². The van der Waals surface area contributed by atoms with Crippen LogP contribution in [0.4, 0.5) is 11.4 Å². The zero-order valence-electron chi connectivity index (χ0n) is 26.6. The van der Waals surface area contributed by atoms with E-state index in [2.05, 4.69) is 195 Å². The minimum absolute atomic E-state index is 0.303. The summed E-state index contributed by atoms with van der Waals surface area (Å²) >= 11 is 0. The van der Waals surface area contributed by atoms with Gasteiger partial charge in [0.15, 0.2) is 0 Å². The fraction of sp³-hybridized carbons (Fsp3) is 0.111. The molecular weight excluding hydrogens is 555 g/mol. The van der Waals surface area contributed by atoms with E-state index in [9.17, 15) is 0 Å². The highest BCUT2D eigenvalue weighted by molar-refractivity contribution is 5.86. The molecule has 1 nitrogen and oxygen atoms in total. The molecule has 0 aliphatic heterocycles. The molecule has 0 aliphatic carbocycles. The Bertz CT molecular complexity index is 2040. The molecule has 0 aromatic heterocycles. The highest BCUT2D eigenvalue weighted by atomic mass is 15.1. The third kappa shape index (κ3) is 6.36. The quantitative estimate of drug-likeness (QED) is 0.161. The van der Waals surface area contributed by atoms with Crippen LogP contribution >= 0.6 is 0 Å². The summed E-state index contributed by atoms with van der Waals surface area (Å²) in [6.45, 7) is 2.39. The lowest BCUT2D eigenvalue weighted by Gasteiger charge is -2.27. The van der Waals surface area contributed by atoms with Crippen molar-refractivity contribution < 1.29 is 0 Å². The fourth-order valence-corrected chi connectivity index (χ4v) is 6.69. The first-order valence-corrected chi connectivity index (χ1v) is 16.2. The lowest BCUT2D eigenvalue weighted by Crippen LogP contribution is -2.13. The molecule has 0 saturated heterocycles. The molecular formula is C45H39N. The van der Waals surface area contributed by atoms with Gasteiger partial charge in [-0.3, -0.25) is 0 Å². The van der Waals surface area contributed by atoms with Crippen molar-refractivity contribution in [3.05, 3.63) is 193 Å². The van der Waals surface area contributed by atoms with Gasteiger partial charge in [0.1, 0.15) is 0 Å². The third-order valence-electron chi connectivity index (χ3n) is 9.44. The monoisotopic (exact) mass is 593 g/mol. The number of anilines is 2. The Kier molecular flexibility index (Phi) is 8.48. The number of benzene rings is 7. The molecule has 7 rings (SSSR count). The van der Waals surface area contributed by atoms with Crippen LogP contribution in [0.5, 0.6) is 0 Å². The second-order valence-electron chi connectivity index (χ2n) is 12.3. The first-order valence-electron chi connectivity index (χ1n) is 16.2. The molecule has 46 heavy (non-hydrogen) atoms. The molecule has 0 N–H and O–H groups in total. The maximum Gasteiger partial charge on any atom is 0.0414 e. The van der Waals surface area contributed by atoms with Crippen molar-refractivity contribution in [2.24, 2.45) is 0 Å². The number of hydrogen-bond acceptors (Lipinski definition) is 1. The molecule has 0 saturated carbocycles. The van der Waals surface area contributed by atoms with Gasteiger partial charge in [0, 0.05) is 18.4 Å². The van der Waals surface area contributed by atoms with E-state index in [1.807, 2.05) is 0 Å². The lowest BCUT2D eigenvalue weighted by atomic mass is 9.78. The van der Waals surface area contributed by atoms with Gasteiger partial charge in [-0.15, -0.1) is 0 Å². The molecule has 0 heterocycles. The summed E-state index contributed by atoms with van der Waals surface area (Å²) in [6.07, 6.45) is 0.956. The van der Waals surface area contributed by atoms with E-state index in [0.717, 1.165) is 6.42 Å². The van der Waals surface area contributed by atoms with Gasteiger partial charge in [-0.25, -0.2) is 0 Å². The average molecular weight is 594 g/mol. The molecule has 2 atom stereocenters. The molecule has 0 amide bonds. The van der Waals surface area contributed by atoms with Crippen LogP contribution in [-0.4, -0.2) is 7.05 Å². The predicted octanol–water partition coefficient (Wildman–Crippen LogP) is 12.1. The summed E-state index contributed by atoms with van der Waals surface area (Å²) in [6, 6.07) is 64.1. The Morgan fingerprint density at radius 3 is 1.70 bits per heavy atom. The summed E-state index contributed by atoms with van der Waals surface area (Å²) in [5.74, 6) is 0.616. The zero-order chi connectivity index (χ0) is 31.3. The van der Waals surface area contributed by atoms with E-state index in [4.69, 9.17) is 0 Å². The molecule has 224 valence electrons. The lowest BCUT2D eigenvalue weighted by molar-refractivity contribution is 0.572. The van der Waals surface area contributed by atoms with Crippen LogP contribution in [0.1, 0.15) is 35.4 Å². The van der Waals surface area contributed by atoms with Crippen LogP contribution < -0.4 is 4.90 Å². The molecule has 0 fully saturated rings. The molecule has 2 unspecified atom stereocenters. The fourth-order valence-electron chi connectivity index (χ4n) is 6.69. The minimum Gasteiger partial charge on any atom is -0.345 e. The number of nitrogens with zero attached hydrogens (tertiary/aromatic N) is 1. The van der Waals surface area contributed by atoms with Gasteiger partial charge in [0.05, 0.1) is 0 Å². The first-order chi connectivity index (χ1) is 22.6. The van der Waals surface area contributed by atoms with Crippen LogP contribution in [0.2, 0.25) is 0 Å². The van der Waals surface area contributed by atoms with E-state index >= 15 is 0 Å². The molecule has 0 aliphatic rings. The second kappa shape index (κ2) is 13.3. The van der Waals surface area contributed by atoms with E-state index in [1.165, 1.54) is 61.1 Å². The average Bonchev–Trinajstić information content (AvgIpc) is 3.14. The number of rotatable bonds is 9. The van der Waals surface area contributed by atoms with Crippen LogP contribution in [0, 0.1) is 0 Å². The SMILES string of the molecule is CC(c1cccc(-c2ccccc2)c1)C(Cc1cccc(-c2ccccc2)c1)c1ccc(N(C)c2ccc3ccccc3c2)cc1. The highest BCUT2D eigenvalue weighted by Crippen LogP contribution is 2.39. The molecule has 0 spiro atoms. The van der Waals surface area contributed by atoms with E-state index in [-0.39, 0.29) is 0 Å². The smallest absolute Gasteiger partial charge is 0.0414 e. The van der Waals surface area contributed by atoms with Crippen molar-refractivity contribution in [2.45, 2.75) is 25.2 Å². The van der Waals surface area contributed by atoms with Gasteiger partial charge in [0.2, 0.25) is 0 Å². The molecule has 1 heteroatoms. The van der Waals surface area contributed by atoms with Crippen molar-refractivity contribution >= 4 is 22.1 Å². The Morgan fingerprint density at radius 2 is 1.00 bits per heavy atom. The van der Waals surface area contributed by atoms with Crippen LogP contribution in [0.15, 0.2) is 176 Å². The molecule has 0 bridgehead atoms. The molecule has 0 radical (unpaired) electrons. The van der Waals surface area contributed by atoms with Crippen molar-refractivity contribution in [1.29, 1.82) is 0 Å². The standard InChI is InChI=1S/C45H39N/c1-33(39-20-12-22-41(31-39)36-16-7-4-8-17-36)45(30-34-13-11-21-40(29-34)35-14-5-3-6-15-35)38-24-26-43(27-25-38)46(2)44-28-23-37-18-9-10-19-42(37)32-44/h3-29,31-33,45H,30H2,1-2H3. The number of hydrogen-bond donors (Lipinski definition) is 0. The van der Waals surface area contributed by atoms with Gasteiger partial charge in [-0.2, -0.15) is 0 Å². The molecule has 7 aromatic rings. The molecule has 7 aromatic carbocycles. The largest absolute Gasteiger partial charge is 0.345 e. The summed E-state index contributed by atoms with van der Waals surface area (Å²) in [4.78, 5) is 2.28. The van der Waals surface area contributed by atoms with Crippen molar-refractivity contribution in [1.82, 2.24) is 0 Å².